The van der Waals surface area contributed by atoms with E-state index in [4.69, 9.17) is 4.74 Å². The van der Waals surface area contributed by atoms with Crippen LogP contribution in [0.15, 0.2) is 18.2 Å². The largest absolute Gasteiger partial charge is 0.490 e. The van der Waals surface area contributed by atoms with Gasteiger partial charge in [-0.05, 0) is 31.9 Å². The molecule has 0 atom stereocenters. The number of Topliss-reactive ketones (excluding diaryl/α,β-unsaturated/α-hetero) is 1. The second-order valence-corrected chi connectivity index (χ2v) is 4.92. The lowest BCUT2D eigenvalue weighted by atomic mass is 10.0. The van der Waals surface area contributed by atoms with Crippen LogP contribution in [0.25, 0.3) is 0 Å². The molecule has 0 spiro atoms. The molecular weight excluding hydrogens is 235 g/mol. The van der Waals surface area contributed by atoms with Gasteiger partial charge in [-0.2, -0.15) is 0 Å². The molecule has 18 heavy (non-hydrogen) atoms. The molecule has 1 fully saturated rings. The van der Waals surface area contributed by atoms with Crippen LogP contribution < -0.4 is 4.74 Å². The Morgan fingerprint density at radius 3 is 2.67 bits per heavy atom. The number of halogens is 1. The van der Waals surface area contributed by atoms with E-state index < -0.39 is 11.4 Å². The lowest BCUT2D eigenvalue weighted by Gasteiger charge is -2.22. The maximum atomic E-state index is 13.5. The van der Waals surface area contributed by atoms with E-state index in [-0.39, 0.29) is 18.0 Å². The molecule has 4 heteroatoms. The molecule has 1 aromatic rings. The first kappa shape index (κ1) is 13.0. The summed E-state index contributed by atoms with van der Waals surface area (Å²) in [4.78, 5) is 11.1. The number of rotatable bonds is 4. The van der Waals surface area contributed by atoms with Crippen molar-refractivity contribution in [1.29, 1.82) is 0 Å². The SMILES string of the molecule is CC(=O)c1ccc(OCC2(O)CCCC2)cc1F. The summed E-state index contributed by atoms with van der Waals surface area (Å²) < 4.78 is 18.9. The van der Waals surface area contributed by atoms with Crippen molar-refractivity contribution in [2.45, 2.75) is 38.2 Å². The number of hydrogen-bond acceptors (Lipinski definition) is 3. The Labute approximate surface area is 106 Å². The lowest BCUT2D eigenvalue weighted by molar-refractivity contribution is 0.00130. The average molecular weight is 252 g/mol. The first-order valence-corrected chi connectivity index (χ1v) is 6.16. The fourth-order valence-electron chi connectivity index (χ4n) is 2.27. The molecule has 98 valence electrons. The van der Waals surface area contributed by atoms with E-state index in [1.54, 1.807) is 6.07 Å². The summed E-state index contributed by atoms with van der Waals surface area (Å²) in [7, 11) is 0. The second kappa shape index (κ2) is 5.06. The highest BCUT2D eigenvalue weighted by molar-refractivity contribution is 5.94. The predicted molar refractivity (Wildman–Crippen MR) is 65.3 cm³/mol. The fourth-order valence-corrected chi connectivity index (χ4v) is 2.27. The minimum Gasteiger partial charge on any atom is -0.490 e. The third-order valence-corrected chi connectivity index (χ3v) is 3.36. The molecule has 0 saturated heterocycles. The van der Waals surface area contributed by atoms with Crippen molar-refractivity contribution in [3.63, 3.8) is 0 Å². The van der Waals surface area contributed by atoms with Gasteiger partial charge >= 0.3 is 0 Å². The number of carbonyl (C=O) groups is 1. The van der Waals surface area contributed by atoms with Crippen LogP contribution in [-0.2, 0) is 0 Å². The zero-order valence-electron chi connectivity index (χ0n) is 10.4. The van der Waals surface area contributed by atoms with Crippen LogP contribution in [0.3, 0.4) is 0 Å². The van der Waals surface area contributed by atoms with Crippen molar-refractivity contribution < 1.29 is 19.0 Å². The summed E-state index contributed by atoms with van der Waals surface area (Å²) >= 11 is 0. The van der Waals surface area contributed by atoms with Crippen LogP contribution in [0.4, 0.5) is 4.39 Å². The molecular formula is C14H17FO3. The van der Waals surface area contributed by atoms with Gasteiger partial charge in [-0.1, -0.05) is 12.8 Å². The van der Waals surface area contributed by atoms with E-state index in [9.17, 15) is 14.3 Å². The van der Waals surface area contributed by atoms with Crippen molar-refractivity contribution >= 4 is 5.78 Å². The zero-order chi connectivity index (χ0) is 13.2. The van der Waals surface area contributed by atoms with Gasteiger partial charge in [0.1, 0.15) is 18.2 Å². The predicted octanol–water partition coefficient (Wildman–Crippen LogP) is 2.71. The molecule has 0 aromatic heterocycles. The van der Waals surface area contributed by atoms with E-state index >= 15 is 0 Å². The minimum atomic E-state index is -0.782. The smallest absolute Gasteiger partial charge is 0.162 e. The van der Waals surface area contributed by atoms with Gasteiger partial charge in [-0.25, -0.2) is 4.39 Å². The summed E-state index contributed by atoms with van der Waals surface area (Å²) in [6, 6.07) is 4.15. The van der Waals surface area contributed by atoms with E-state index in [2.05, 4.69) is 0 Å². The summed E-state index contributed by atoms with van der Waals surface area (Å²) in [6.07, 6.45) is 3.44. The van der Waals surface area contributed by atoms with Gasteiger partial charge in [0.25, 0.3) is 0 Å². The molecule has 0 aliphatic heterocycles. The first-order chi connectivity index (χ1) is 8.50. The Bertz CT molecular complexity index is 450. The van der Waals surface area contributed by atoms with E-state index in [0.29, 0.717) is 5.75 Å². The van der Waals surface area contributed by atoms with Crippen molar-refractivity contribution in [2.24, 2.45) is 0 Å². The standard InChI is InChI=1S/C14H17FO3/c1-10(16)12-5-4-11(8-13(12)15)18-9-14(17)6-2-3-7-14/h4-5,8,17H,2-3,6-7,9H2,1H3. The van der Waals surface area contributed by atoms with Crippen LogP contribution >= 0.6 is 0 Å². The highest BCUT2D eigenvalue weighted by Crippen LogP contribution is 2.30. The molecule has 3 nitrogen and oxygen atoms in total. The number of ether oxygens (including phenoxy) is 1. The molecule has 0 unspecified atom stereocenters. The lowest BCUT2D eigenvalue weighted by Crippen LogP contribution is -2.32. The molecule has 0 bridgehead atoms. The summed E-state index contributed by atoms with van der Waals surface area (Å²) in [5, 5.41) is 10.1. The number of aliphatic hydroxyl groups is 1. The highest BCUT2D eigenvalue weighted by Gasteiger charge is 2.31. The molecule has 0 radical (unpaired) electrons. The summed E-state index contributed by atoms with van der Waals surface area (Å²) in [5.41, 5.74) is -0.725. The molecule has 0 heterocycles. The number of ketones is 1. The summed E-state index contributed by atoms with van der Waals surface area (Å²) in [6.45, 7) is 1.49. The molecule has 2 rings (SSSR count). The molecule has 1 aliphatic carbocycles. The molecule has 0 amide bonds. The summed E-state index contributed by atoms with van der Waals surface area (Å²) in [5.74, 6) is -0.551. The van der Waals surface area contributed by atoms with Crippen LogP contribution in [0.2, 0.25) is 0 Å². The van der Waals surface area contributed by atoms with Gasteiger partial charge in [0.2, 0.25) is 0 Å². The topological polar surface area (TPSA) is 46.5 Å². The minimum absolute atomic E-state index is 0.0573. The Morgan fingerprint density at radius 1 is 1.44 bits per heavy atom. The monoisotopic (exact) mass is 252 g/mol. The van der Waals surface area contributed by atoms with Crippen LogP contribution in [-0.4, -0.2) is 23.1 Å². The zero-order valence-corrected chi connectivity index (χ0v) is 10.4. The van der Waals surface area contributed by atoms with Gasteiger partial charge in [-0.15, -0.1) is 0 Å². The Hall–Kier alpha value is -1.42. The van der Waals surface area contributed by atoms with Gasteiger partial charge in [0.15, 0.2) is 5.78 Å². The van der Waals surface area contributed by atoms with E-state index in [0.717, 1.165) is 25.7 Å². The number of benzene rings is 1. The maximum Gasteiger partial charge on any atom is 0.162 e. The van der Waals surface area contributed by atoms with Crippen molar-refractivity contribution in [2.75, 3.05) is 6.61 Å². The van der Waals surface area contributed by atoms with Crippen LogP contribution in [0, 0.1) is 5.82 Å². The Balaban J connectivity index is 2.02. The third-order valence-electron chi connectivity index (χ3n) is 3.36. The fraction of sp³-hybridized carbons (Fsp3) is 0.500. The normalized spacial score (nSPS) is 17.7. The number of carbonyl (C=O) groups excluding carboxylic acids is 1. The van der Waals surface area contributed by atoms with Gasteiger partial charge in [-0.3, -0.25) is 4.79 Å². The Morgan fingerprint density at radius 2 is 2.11 bits per heavy atom. The maximum absolute atomic E-state index is 13.5. The van der Waals surface area contributed by atoms with E-state index in [1.165, 1.54) is 19.1 Å². The van der Waals surface area contributed by atoms with Crippen molar-refractivity contribution in [3.05, 3.63) is 29.6 Å². The van der Waals surface area contributed by atoms with Crippen LogP contribution in [0.5, 0.6) is 5.75 Å². The number of hydrogen-bond donors (Lipinski definition) is 1. The van der Waals surface area contributed by atoms with Gasteiger partial charge < -0.3 is 9.84 Å². The highest BCUT2D eigenvalue weighted by atomic mass is 19.1. The molecule has 1 N–H and O–H groups in total. The van der Waals surface area contributed by atoms with Crippen molar-refractivity contribution in [3.8, 4) is 5.75 Å². The van der Waals surface area contributed by atoms with E-state index in [1.807, 2.05) is 0 Å². The Kier molecular flexibility index (Phi) is 3.66. The van der Waals surface area contributed by atoms with Gasteiger partial charge in [0.05, 0.1) is 11.2 Å². The molecule has 1 aromatic carbocycles. The molecule has 1 aliphatic rings. The van der Waals surface area contributed by atoms with Crippen LogP contribution in [0.1, 0.15) is 43.0 Å². The van der Waals surface area contributed by atoms with Gasteiger partial charge in [0, 0.05) is 6.07 Å². The second-order valence-electron chi connectivity index (χ2n) is 4.92. The average Bonchev–Trinajstić information content (AvgIpc) is 2.74. The third kappa shape index (κ3) is 2.88. The molecule has 1 saturated carbocycles. The quantitative estimate of drug-likeness (QED) is 0.838. The van der Waals surface area contributed by atoms with Crippen molar-refractivity contribution in [1.82, 2.24) is 0 Å². The first-order valence-electron chi connectivity index (χ1n) is 6.16.